The third-order valence-electron chi connectivity index (χ3n) is 4.81. The van der Waals surface area contributed by atoms with E-state index in [0.29, 0.717) is 31.0 Å². The number of sulfonamides is 1. The Morgan fingerprint density at radius 2 is 2.10 bits per heavy atom. The van der Waals surface area contributed by atoms with Crippen LogP contribution in [-0.4, -0.2) is 47.3 Å². The quantitative estimate of drug-likeness (QED) is 0.683. The zero-order chi connectivity index (χ0) is 20.6. The number of anilines is 1. The molecule has 10 heteroatoms. The SMILES string of the molecule is Cc1ccc(F)c(S(=O)(=O)NC2CCN(c3nccc(-c4cnn(C)c4)n3)C2)c1. The van der Waals surface area contributed by atoms with Crippen molar-refractivity contribution < 1.29 is 12.8 Å². The first-order chi connectivity index (χ1) is 13.8. The molecule has 152 valence electrons. The summed E-state index contributed by atoms with van der Waals surface area (Å²) < 4.78 is 43.6. The molecule has 29 heavy (non-hydrogen) atoms. The minimum atomic E-state index is -3.95. The average molecular weight is 416 g/mol. The van der Waals surface area contributed by atoms with Crippen LogP contribution >= 0.6 is 0 Å². The lowest BCUT2D eigenvalue weighted by Crippen LogP contribution is -2.37. The summed E-state index contributed by atoms with van der Waals surface area (Å²) in [5.74, 6) is -0.236. The Morgan fingerprint density at radius 1 is 1.28 bits per heavy atom. The van der Waals surface area contributed by atoms with Gasteiger partial charge in [-0.05, 0) is 37.1 Å². The van der Waals surface area contributed by atoms with Crippen LogP contribution in [0, 0.1) is 12.7 Å². The number of rotatable bonds is 5. The molecule has 0 amide bonds. The van der Waals surface area contributed by atoms with Crippen LogP contribution in [0.1, 0.15) is 12.0 Å². The fourth-order valence-electron chi connectivity index (χ4n) is 3.35. The molecule has 3 aromatic rings. The number of nitrogens with zero attached hydrogens (tertiary/aromatic N) is 5. The molecule has 2 aromatic heterocycles. The van der Waals surface area contributed by atoms with E-state index in [9.17, 15) is 12.8 Å². The van der Waals surface area contributed by atoms with Crippen molar-refractivity contribution in [2.45, 2.75) is 24.3 Å². The lowest BCUT2D eigenvalue weighted by atomic mass is 10.2. The number of aryl methyl sites for hydroxylation is 2. The molecule has 1 aromatic carbocycles. The molecule has 0 spiro atoms. The van der Waals surface area contributed by atoms with E-state index in [1.165, 1.54) is 18.2 Å². The summed E-state index contributed by atoms with van der Waals surface area (Å²) >= 11 is 0. The van der Waals surface area contributed by atoms with Crippen LogP contribution in [0.4, 0.5) is 10.3 Å². The van der Waals surface area contributed by atoms with E-state index in [1.807, 2.05) is 18.1 Å². The summed E-state index contributed by atoms with van der Waals surface area (Å²) in [5, 5.41) is 4.15. The molecular weight excluding hydrogens is 395 g/mol. The maximum Gasteiger partial charge on any atom is 0.243 e. The maximum atomic E-state index is 14.0. The van der Waals surface area contributed by atoms with Gasteiger partial charge in [0.1, 0.15) is 10.7 Å². The molecule has 1 aliphatic heterocycles. The van der Waals surface area contributed by atoms with Gasteiger partial charge in [0.15, 0.2) is 0 Å². The number of hydrogen-bond acceptors (Lipinski definition) is 6. The second kappa shape index (κ2) is 7.53. The summed E-state index contributed by atoms with van der Waals surface area (Å²) in [5.41, 5.74) is 2.30. The minimum absolute atomic E-state index is 0.328. The molecular formula is C19H21FN6O2S. The van der Waals surface area contributed by atoms with Gasteiger partial charge in [-0.15, -0.1) is 0 Å². The molecule has 0 aliphatic carbocycles. The highest BCUT2D eigenvalue weighted by atomic mass is 32.2. The predicted octanol–water partition coefficient (Wildman–Crippen LogP) is 1.88. The Morgan fingerprint density at radius 3 is 2.86 bits per heavy atom. The summed E-state index contributed by atoms with van der Waals surface area (Å²) in [7, 11) is -2.12. The highest BCUT2D eigenvalue weighted by Gasteiger charge is 2.30. The third-order valence-corrected chi connectivity index (χ3v) is 6.35. The van der Waals surface area contributed by atoms with Crippen molar-refractivity contribution in [3.63, 3.8) is 0 Å². The number of aromatic nitrogens is 4. The Hall–Kier alpha value is -2.85. The second-order valence-corrected chi connectivity index (χ2v) is 8.81. The van der Waals surface area contributed by atoms with E-state index in [1.54, 1.807) is 30.1 Å². The molecule has 1 unspecified atom stereocenters. The molecule has 0 saturated carbocycles. The van der Waals surface area contributed by atoms with Crippen molar-refractivity contribution in [3.05, 3.63) is 54.2 Å². The Labute approximate surface area is 168 Å². The summed E-state index contributed by atoms with van der Waals surface area (Å²) in [6.07, 6.45) is 5.84. The van der Waals surface area contributed by atoms with Crippen LogP contribution < -0.4 is 9.62 Å². The van der Waals surface area contributed by atoms with Crippen molar-refractivity contribution in [1.29, 1.82) is 0 Å². The molecule has 8 nitrogen and oxygen atoms in total. The van der Waals surface area contributed by atoms with Gasteiger partial charge in [0.05, 0.1) is 11.9 Å². The first-order valence-corrected chi connectivity index (χ1v) is 10.7. The summed E-state index contributed by atoms with van der Waals surface area (Å²) in [4.78, 5) is 10.5. The molecule has 4 rings (SSSR count). The molecule has 1 saturated heterocycles. The first-order valence-electron chi connectivity index (χ1n) is 9.17. The van der Waals surface area contributed by atoms with Crippen molar-refractivity contribution in [3.8, 4) is 11.3 Å². The lowest BCUT2D eigenvalue weighted by Gasteiger charge is -2.17. The van der Waals surface area contributed by atoms with Gasteiger partial charge in [-0.3, -0.25) is 4.68 Å². The Bertz CT molecular complexity index is 1150. The van der Waals surface area contributed by atoms with E-state index < -0.39 is 15.8 Å². The standard InChI is InChI=1S/C19H21FN6O2S/c1-13-3-4-16(20)18(9-13)29(27,28)24-15-6-8-26(12-15)19-21-7-5-17(23-19)14-10-22-25(2)11-14/h3-5,7,9-11,15,24H,6,8,12H2,1-2H3. The predicted molar refractivity (Wildman–Crippen MR) is 106 cm³/mol. The van der Waals surface area contributed by atoms with Gasteiger partial charge < -0.3 is 4.90 Å². The van der Waals surface area contributed by atoms with Crippen molar-refractivity contribution >= 4 is 16.0 Å². The van der Waals surface area contributed by atoms with Crippen LogP contribution in [0.3, 0.4) is 0 Å². The zero-order valence-electron chi connectivity index (χ0n) is 16.1. The number of halogens is 1. The van der Waals surface area contributed by atoms with Crippen LogP contribution in [-0.2, 0) is 17.1 Å². The normalized spacial score (nSPS) is 17.1. The molecule has 3 heterocycles. The average Bonchev–Trinajstić information content (AvgIpc) is 3.32. The van der Waals surface area contributed by atoms with Crippen LogP contribution in [0.25, 0.3) is 11.3 Å². The molecule has 0 bridgehead atoms. The Balaban J connectivity index is 1.49. The molecule has 1 fully saturated rings. The molecule has 1 atom stereocenters. The van der Waals surface area contributed by atoms with Crippen molar-refractivity contribution in [1.82, 2.24) is 24.5 Å². The minimum Gasteiger partial charge on any atom is -0.339 e. The maximum absolute atomic E-state index is 14.0. The first kappa shape index (κ1) is 19.5. The third kappa shape index (κ3) is 4.13. The van der Waals surface area contributed by atoms with Gasteiger partial charge in [0, 0.05) is 44.1 Å². The fourth-order valence-corrected chi connectivity index (χ4v) is 4.78. The van der Waals surface area contributed by atoms with Crippen LogP contribution in [0.5, 0.6) is 0 Å². The fraction of sp³-hybridized carbons (Fsp3) is 0.316. The number of benzene rings is 1. The topological polar surface area (TPSA) is 93.0 Å². The molecule has 1 aliphatic rings. The van der Waals surface area contributed by atoms with Gasteiger partial charge in [-0.25, -0.2) is 27.5 Å². The zero-order valence-corrected chi connectivity index (χ0v) is 16.9. The van der Waals surface area contributed by atoms with Gasteiger partial charge in [-0.2, -0.15) is 5.10 Å². The number of nitrogens with one attached hydrogen (secondary N) is 1. The van der Waals surface area contributed by atoms with E-state index in [4.69, 9.17) is 0 Å². The van der Waals surface area contributed by atoms with Gasteiger partial charge in [0.2, 0.25) is 16.0 Å². The lowest BCUT2D eigenvalue weighted by molar-refractivity contribution is 0.543. The summed E-state index contributed by atoms with van der Waals surface area (Å²) in [6.45, 7) is 2.73. The number of hydrogen-bond donors (Lipinski definition) is 1. The molecule has 1 N–H and O–H groups in total. The van der Waals surface area contributed by atoms with Gasteiger partial charge in [0.25, 0.3) is 0 Å². The smallest absolute Gasteiger partial charge is 0.243 e. The van der Waals surface area contributed by atoms with Crippen LogP contribution in [0.15, 0.2) is 47.8 Å². The summed E-state index contributed by atoms with van der Waals surface area (Å²) in [6, 6.07) is 5.49. The van der Waals surface area contributed by atoms with E-state index in [-0.39, 0.29) is 10.9 Å². The van der Waals surface area contributed by atoms with Crippen LogP contribution in [0.2, 0.25) is 0 Å². The largest absolute Gasteiger partial charge is 0.339 e. The Kier molecular flexibility index (Phi) is 5.05. The highest BCUT2D eigenvalue weighted by molar-refractivity contribution is 7.89. The van der Waals surface area contributed by atoms with Gasteiger partial charge in [-0.1, -0.05) is 6.07 Å². The highest BCUT2D eigenvalue weighted by Crippen LogP contribution is 2.23. The van der Waals surface area contributed by atoms with Crippen molar-refractivity contribution in [2.24, 2.45) is 7.05 Å². The second-order valence-electron chi connectivity index (χ2n) is 7.13. The van der Waals surface area contributed by atoms with E-state index in [2.05, 4.69) is 19.8 Å². The van der Waals surface area contributed by atoms with Crippen molar-refractivity contribution in [2.75, 3.05) is 18.0 Å². The van der Waals surface area contributed by atoms with Gasteiger partial charge >= 0.3 is 0 Å². The van der Waals surface area contributed by atoms with E-state index >= 15 is 0 Å². The monoisotopic (exact) mass is 416 g/mol. The van der Waals surface area contributed by atoms with E-state index in [0.717, 1.165) is 11.3 Å². The molecule has 0 radical (unpaired) electrons.